The maximum Gasteiger partial charge on any atom is 0.226 e. The van der Waals surface area contributed by atoms with Crippen molar-refractivity contribution in [2.45, 2.75) is 38.2 Å². The molecule has 0 aromatic rings. The number of carbonyl (C=O) groups excluding carboxylic acids is 1. The minimum Gasteiger partial charge on any atom is -0.377 e. The van der Waals surface area contributed by atoms with Gasteiger partial charge in [0.1, 0.15) is 0 Å². The molecule has 1 saturated heterocycles. The van der Waals surface area contributed by atoms with Gasteiger partial charge in [0.05, 0.1) is 12.7 Å². The maximum atomic E-state index is 12.4. The predicted octanol–water partition coefficient (Wildman–Crippen LogP) is 2.28. The number of piperidine rings is 1. The molecule has 0 bridgehead atoms. The van der Waals surface area contributed by atoms with E-state index in [1.807, 2.05) is 0 Å². The van der Waals surface area contributed by atoms with Crippen LogP contribution in [0.5, 0.6) is 0 Å². The first-order valence-electron chi connectivity index (χ1n) is 7.27. The Balaban J connectivity index is 1.44. The topological polar surface area (TPSA) is 29.5 Å². The quantitative estimate of drug-likeness (QED) is 0.734. The summed E-state index contributed by atoms with van der Waals surface area (Å²) < 4.78 is 5.64. The van der Waals surface area contributed by atoms with Crippen LogP contribution in [0.2, 0.25) is 0 Å². The van der Waals surface area contributed by atoms with E-state index in [9.17, 15) is 4.79 Å². The van der Waals surface area contributed by atoms with Gasteiger partial charge in [0, 0.05) is 24.9 Å². The van der Waals surface area contributed by atoms with Gasteiger partial charge in [0.25, 0.3) is 0 Å². The van der Waals surface area contributed by atoms with Crippen LogP contribution < -0.4 is 0 Å². The first kappa shape index (κ1) is 12.7. The van der Waals surface area contributed by atoms with Crippen LogP contribution >= 0.6 is 11.6 Å². The zero-order valence-electron chi connectivity index (χ0n) is 10.8. The molecule has 3 nitrogen and oxygen atoms in total. The Kier molecular flexibility index (Phi) is 3.81. The number of fused-ring (bicyclic) bond motifs is 1. The third-order valence-electron chi connectivity index (χ3n) is 4.88. The molecule has 1 heterocycles. The summed E-state index contributed by atoms with van der Waals surface area (Å²) in [4.78, 5) is 14.4. The number of hydrogen-bond acceptors (Lipinski definition) is 2. The van der Waals surface area contributed by atoms with Crippen molar-refractivity contribution in [2.75, 3.05) is 25.6 Å². The summed E-state index contributed by atoms with van der Waals surface area (Å²) in [6, 6.07) is 0. The Hall–Kier alpha value is -0.280. The number of rotatable bonds is 4. The molecule has 102 valence electrons. The lowest BCUT2D eigenvalue weighted by Crippen LogP contribution is -2.42. The highest BCUT2D eigenvalue weighted by Gasteiger charge is 2.57. The van der Waals surface area contributed by atoms with Gasteiger partial charge in [-0.3, -0.25) is 4.79 Å². The normalized spacial score (nSPS) is 35.6. The number of nitrogens with zero attached hydrogens (tertiary/aromatic N) is 1. The van der Waals surface area contributed by atoms with Gasteiger partial charge < -0.3 is 9.64 Å². The highest BCUT2D eigenvalue weighted by atomic mass is 35.5. The van der Waals surface area contributed by atoms with Crippen molar-refractivity contribution in [3.63, 3.8) is 0 Å². The van der Waals surface area contributed by atoms with Crippen LogP contribution in [-0.4, -0.2) is 42.5 Å². The zero-order chi connectivity index (χ0) is 12.5. The SMILES string of the molecule is O=C(C1C2CCCC21)N1CCC(OCCCl)CC1. The number of hydrogen-bond donors (Lipinski definition) is 0. The fraction of sp³-hybridized carbons (Fsp3) is 0.929. The van der Waals surface area contributed by atoms with Crippen LogP contribution in [0.4, 0.5) is 0 Å². The molecule has 3 aliphatic rings. The second kappa shape index (κ2) is 5.38. The van der Waals surface area contributed by atoms with E-state index in [2.05, 4.69) is 4.90 Å². The zero-order valence-corrected chi connectivity index (χ0v) is 11.6. The van der Waals surface area contributed by atoms with Gasteiger partial charge in [-0.1, -0.05) is 6.42 Å². The first-order chi connectivity index (χ1) is 8.81. The van der Waals surface area contributed by atoms with Crippen molar-refractivity contribution >= 4 is 17.5 Å². The Morgan fingerprint density at radius 1 is 1.17 bits per heavy atom. The number of amides is 1. The largest absolute Gasteiger partial charge is 0.377 e. The molecule has 4 heteroatoms. The molecular formula is C14H22ClNO2. The van der Waals surface area contributed by atoms with E-state index in [0.29, 0.717) is 30.4 Å². The highest BCUT2D eigenvalue weighted by molar-refractivity contribution is 6.17. The standard InChI is InChI=1S/C14H22ClNO2/c15-6-9-18-10-4-7-16(8-5-10)14(17)13-11-2-1-3-12(11)13/h10-13H,1-9H2. The van der Waals surface area contributed by atoms with Crippen molar-refractivity contribution < 1.29 is 9.53 Å². The van der Waals surface area contributed by atoms with Crippen molar-refractivity contribution in [3.05, 3.63) is 0 Å². The fourth-order valence-corrected chi connectivity index (χ4v) is 3.94. The summed E-state index contributed by atoms with van der Waals surface area (Å²) in [7, 11) is 0. The molecule has 1 aliphatic heterocycles. The average Bonchev–Trinajstić information content (AvgIpc) is 2.88. The summed E-state index contributed by atoms with van der Waals surface area (Å²) in [5, 5.41) is 0. The second-order valence-corrected chi connectivity index (χ2v) is 6.25. The maximum absolute atomic E-state index is 12.4. The van der Waals surface area contributed by atoms with Crippen molar-refractivity contribution in [1.82, 2.24) is 4.90 Å². The molecule has 1 amide bonds. The summed E-state index contributed by atoms with van der Waals surface area (Å²) in [6.45, 7) is 2.39. The lowest BCUT2D eigenvalue weighted by Gasteiger charge is -2.32. The minimum absolute atomic E-state index is 0.312. The lowest BCUT2D eigenvalue weighted by molar-refractivity contribution is -0.136. The van der Waals surface area contributed by atoms with Crippen molar-refractivity contribution in [3.8, 4) is 0 Å². The highest BCUT2D eigenvalue weighted by Crippen LogP contribution is 2.58. The lowest BCUT2D eigenvalue weighted by atomic mass is 10.1. The van der Waals surface area contributed by atoms with Crippen LogP contribution in [0, 0.1) is 17.8 Å². The van der Waals surface area contributed by atoms with E-state index in [0.717, 1.165) is 37.8 Å². The van der Waals surface area contributed by atoms with Gasteiger partial charge >= 0.3 is 0 Å². The van der Waals surface area contributed by atoms with E-state index >= 15 is 0 Å². The van der Waals surface area contributed by atoms with E-state index in [1.165, 1.54) is 19.3 Å². The van der Waals surface area contributed by atoms with Gasteiger partial charge in [0.2, 0.25) is 5.91 Å². The van der Waals surface area contributed by atoms with Crippen molar-refractivity contribution in [1.29, 1.82) is 0 Å². The minimum atomic E-state index is 0.312. The van der Waals surface area contributed by atoms with Gasteiger partial charge in [-0.25, -0.2) is 0 Å². The van der Waals surface area contributed by atoms with Gasteiger partial charge in [-0.05, 0) is 37.5 Å². The third kappa shape index (κ3) is 2.39. The van der Waals surface area contributed by atoms with Gasteiger partial charge in [-0.15, -0.1) is 11.6 Å². The average molecular weight is 272 g/mol. The first-order valence-corrected chi connectivity index (χ1v) is 7.81. The number of carbonyl (C=O) groups is 1. The Labute approximate surface area is 114 Å². The number of halogens is 1. The van der Waals surface area contributed by atoms with Crippen molar-refractivity contribution in [2.24, 2.45) is 17.8 Å². The molecule has 0 aromatic carbocycles. The third-order valence-corrected chi connectivity index (χ3v) is 5.03. The molecule has 0 aromatic heterocycles. The molecule has 3 rings (SSSR count). The molecule has 0 spiro atoms. The summed E-state index contributed by atoms with van der Waals surface area (Å²) in [5.41, 5.74) is 0. The van der Waals surface area contributed by atoms with Gasteiger partial charge in [-0.2, -0.15) is 0 Å². The monoisotopic (exact) mass is 271 g/mol. The summed E-state index contributed by atoms with van der Waals surface area (Å²) in [5.74, 6) is 2.86. The Morgan fingerprint density at radius 3 is 2.44 bits per heavy atom. The van der Waals surface area contributed by atoms with E-state index in [-0.39, 0.29) is 0 Å². The van der Waals surface area contributed by atoms with Gasteiger partial charge in [0.15, 0.2) is 0 Å². The molecular weight excluding hydrogens is 250 g/mol. The summed E-state index contributed by atoms with van der Waals surface area (Å²) >= 11 is 5.61. The van der Waals surface area contributed by atoms with Crippen LogP contribution in [0.1, 0.15) is 32.1 Å². The molecule has 0 N–H and O–H groups in total. The van der Waals surface area contributed by atoms with Crippen LogP contribution in [0.3, 0.4) is 0 Å². The van der Waals surface area contributed by atoms with E-state index < -0.39 is 0 Å². The Morgan fingerprint density at radius 2 is 1.83 bits per heavy atom. The fourth-order valence-electron chi connectivity index (χ4n) is 3.85. The second-order valence-electron chi connectivity index (χ2n) is 5.87. The molecule has 0 radical (unpaired) electrons. The molecule has 2 unspecified atom stereocenters. The van der Waals surface area contributed by atoms with E-state index in [1.54, 1.807) is 0 Å². The number of ether oxygens (including phenoxy) is 1. The number of alkyl halides is 1. The summed E-state index contributed by atoms with van der Waals surface area (Å²) in [6.07, 6.45) is 6.18. The van der Waals surface area contributed by atoms with Crippen LogP contribution in [0.25, 0.3) is 0 Å². The smallest absolute Gasteiger partial charge is 0.226 e. The molecule has 18 heavy (non-hydrogen) atoms. The molecule has 2 saturated carbocycles. The molecule has 2 atom stereocenters. The Bertz CT molecular complexity index is 305. The van der Waals surface area contributed by atoms with Crippen LogP contribution in [-0.2, 0) is 9.53 Å². The van der Waals surface area contributed by atoms with E-state index in [4.69, 9.17) is 16.3 Å². The predicted molar refractivity (Wildman–Crippen MR) is 70.6 cm³/mol. The number of likely N-dealkylation sites (tertiary alicyclic amines) is 1. The van der Waals surface area contributed by atoms with Crippen LogP contribution in [0.15, 0.2) is 0 Å². The molecule has 2 aliphatic carbocycles. The molecule has 3 fully saturated rings.